The minimum atomic E-state index is -0.394. The smallest absolute Gasteiger partial charge is 0.366 e. The second kappa shape index (κ2) is 8.62. The Hall–Kier alpha value is -1.67. The summed E-state index contributed by atoms with van der Waals surface area (Å²) in [5.41, 5.74) is 3.77. The van der Waals surface area contributed by atoms with E-state index in [0.717, 1.165) is 43.7 Å². The Morgan fingerprint density at radius 1 is 1.32 bits per heavy atom. The molecule has 5 nitrogen and oxygen atoms in total. The monoisotopic (exact) mass is 452 g/mol. The van der Waals surface area contributed by atoms with Gasteiger partial charge in [0.25, 0.3) is 0 Å². The standard InChI is InChI=1S/C19H21IN2O3/c1-24-18-8-3-2-5-13(18)11-12-21-15-6-4-7-16-14(15)9-10-17(22-16)19(23)25-20/h2-3,5,8-10,15,21H,4,6-7,11-12H2,1H3. The van der Waals surface area contributed by atoms with Crippen molar-refractivity contribution in [2.24, 2.45) is 0 Å². The molecule has 0 aliphatic heterocycles. The minimum Gasteiger partial charge on any atom is -0.496 e. The summed E-state index contributed by atoms with van der Waals surface area (Å²) < 4.78 is 10.1. The van der Waals surface area contributed by atoms with Crippen molar-refractivity contribution in [3.05, 3.63) is 58.9 Å². The zero-order valence-electron chi connectivity index (χ0n) is 14.1. The summed E-state index contributed by atoms with van der Waals surface area (Å²) in [5.74, 6) is 0.534. The number of rotatable bonds is 6. The molecule has 0 bridgehead atoms. The molecule has 0 fully saturated rings. The van der Waals surface area contributed by atoms with Crippen molar-refractivity contribution in [1.82, 2.24) is 10.3 Å². The molecule has 2 aromatic rings. The van der Waals surface area contributed by atoms with Gasteiger partial charge in [-0.2, -0.15) is 0 Å². The first-order valence-electron chi connectivity index (χ1n) is 8.41. The Morgan fingerprint density at radius 3 is 2.96 bits per heavy atom. The summed E-state index contributed by atoms with van der Waals surface area (Å²) in [6.45, 7) is 0.863. The first-order valence-corrected chi connectivity index (χ1v) is 9.29. The molecule has 25 heavy (non-hydrogen) atoms. The molecule has 0 amide bonds. The number of hydrogen-bond acceptors (Lipinski definition) is 5. The molecule has 132 valence electrons. The third kappa shape index (κ3) is 4.30. The lowest BCUT2D eigenvalue weighted by molar-refractivity contribution is 0.0794. The van der Waals surface area contributed by atoms with Crippen LogP contribution in [0.5, 0.6) is 5.75 Å². The molecule has 1 aliphatic rings. The number of para-hydroxylation sites is 1. The van der Waals surface area contributed by atoms with Crippen molar-refractivity contribution in [1.29, 1.82) is 0 Å². The van der Waals surface area contributed by atoms with E-state index in [2.05, 4.69) is 16.4 Å². The van der Waals surface area contributed by atoms with Gasteiger partial charge in [0.05, 0.1) is 7.11 Å². The predicted molar refractivity (Wildman–Crippen MR) is 104 cm³/mol. The fraction of sp³-hybridized carbons (Fsp3) is 0.368. The van der Waals surface area contributed by atoms with E-state index in [-0.39, 0.29) is 6.04 Å². The van der Waals surface area contributed by atoms with Crippen LogP contribution >= 0.6 is 23.0 Å². The highest BCUT2D eigenvalue weighted by molar-refractivity contribution is 14.1. The number of aromatic nitrogens is 1. The van der Waals surface area contributed by atoms with Crippen molar-refractivity contribution < 1.29 is 12.6 Å². The number of ether oxygens (including phenoxy) is 1. The molecule has 1 heterocycles. The topological polar surface area (TPSA) is 60.5 Å². The van der Waals surface area contributed by atoms with Crippen LogP contribution in [0.3, 0.4) is 0 Å². The van der Waals surface area contributed by atoms with Gasteiger partial charge in [-0.25, -0.2) is 9.78 Å². The van der Waals surface area contributed by atoms with Gasteiger partial charge in [0, 0.05) is 11.7 Å². The Bertz CT molecular complexity index is 751. The highest BCUT2D eigenvalue weighted by atomic mass is 127. The van der Waals surface area contributed by atoms with Crippen LogP contribution in [0.15, 0.2) is 36.4 Å². The molecule has 1 N–H and O–H groups in total. The first-order chi connectivity index (χ1) is 12.2. The quantitative estimate of drug-likeness (QED) is 0.676. The SMILES string of the molecule is COc1ccccc1CCNC1CCCc2nc(C(=O)OI)ccc21. The number of benzene rings is 1. The van der Waals surface area contributed by atoms with E-state index in [1.165, 1.54) is 11.1 Å². The molecule has 0 radical (unpaired) electrons. The summed E-state index contributed by atoms with van der Waals surface area (Å²) in [7, 11) is 1.70. The van der Waals surface area contributed by atoms with Crippen LogP contribution < -0.4 is 10.1 Å². The number of halogens is 1. The molecule has 0 saturated heterocycles. The first kappa shape index (κ1) is 18.1. The molecule has 0 spiro atoms. The number of aryl methyl sites for hydroxylation is 1. The van der Waals surface area contributed by atoms with E-state index >= 15 is 0 Å². The van der Waals surface area contributed by atoms with E-state index in [1.807, 2.05) is 24.3 Å². The number of carbonyl (C=O) groups is 1. The van der Waals surface area contributed by atoms with Gasteiger partial charge in [0.15, 0.2) is 23.0 Å². The van der Waals surface area contributed by atoms with Gasteiger partial charge in [-0.15, -0.1) is 0 Å². The third-order valence-corrected chi connectivity index (χ3v) is 4.95. The van der Waals surface area contributed by atoms with Crippen molar-refractivity contribution in [2.75, 3.05) is 13.7 Å². The van der Waals surface area contributed by atoms with Crippen LogP contribution in [0.4, 0.5) is 0 Å². The zero-order valence-corrected chi connectivity index (χ0v) is 16.3. The lowest BCUT2D eigenvalue weighted by Crippen LogP contribution is -2.28. The van der Waals surface area contributed by atoms with Gasteiger partial charge in [0.2, 0.25) is 0 Å². The van der Waals surface area contributed by atoms with Crippen LogP contribution in [0.1, 0.15) is 46.2 Å². The van der Waals surface area contributed by atoms with E-state index in [0.29, 0.717) is 5.69 Å². The average Bonchev–Trinajstić information content (AvgIpc) is 2.67. The third-order valence-electron chi connectivity index (χ3n) is 4.55. The van der Waals surface area contributed by atoms with Crippen LogP contribution in [-0.2, 0) is 15.9 Å². The largest absolute Gasteiger partial charge is 0.496 e. The highest BCUT2D eigenvalue weighted by Crippen LogP contribution is 2.29. The second-order valence-corrected chi connectivity index (χ2v) is 6.50. The molecule has 3 rings (SSSR count). The van der Waals surface area contributed by atoms with Gasteiger partial charge < -0.3 is 13.1 Å². The number of pyridine rings is 1. The Labute approximate surface area is 161 Å². The Kier molecular flexibility index (Phi) is 6.25. The van der Waals surface area contributed by atoms with Crippen molar-refractivity contribution in [2.45, 2.75) is 31.7 Å². The van der Waals surface area contributed by atoms with Gasteiger partial charge >= 0.3 is 5.97 Å². The highest BCUT2D eigenvalue weighted by Gasteiger charge is 2.22. The predicted octanol–water partition coefficient (Wildman–Crippen LogP) is 3.81. The van der Waals surface area contributed by atoms with Crippen molar-refractivity contribution in [3.8, 4) is 5.75 Å². The number of fused-ring (bicyclic) bond motifs is 1. The number of carbonyl (C=O) groups excluding carboxylic acids is 1. The molecule has 1 aliphatic carbocycles. The maximum atomic E-state index is 11.7. The fourth-order valence-electron chi connectivity index (χ4n) is 3.31. The number of hydrogen-bond donors (Lipinski definition) is 1. The minimum absolute atomic E-state index is 0.274. The van der Waals surface area contributed by atoms with Crippen LogP contribution in [-0.4, -0.2) is 24.6 Å². The molecule has 0 saturated carbocycles. The summed E-state index contributed by atoms with van der Waals surface area (Å²) in [5, 5.41) is 3.63. The zero-order chi connectivity index (χ0) is 17.6. The van der Waals surface area contributed by atoms with Gasteiger partial charge in [-0.3, -0.25) is 0 Å². The van der Waals surface area contributed by atoms with Crippen molar-refractivity contribution in [3.63, 3.8) is 0 Å². The number of methoxy groups -OCH3 is 1. The number of nitrogens with zero attached hydrogens (tertiary/aromatic N) is 1. The number of nitrogens with one attached hydrogen (secondary N) is 1. The second-order valence-electron chi connectivity index (χ2n) is 6.06. The van der Waals surface area contributed by atoms with Gasteiger partial charge in [-0.05, 0) is 55.5 Å². The maximum Gasteiger partial charge on any atom is 0.366 e. The lowest BCUT2D eigenvalue weighted by atomic mass is 9.91. The molecule has 1 aromatic carbocycles. The van der Waals surface area contributed by atoms with Gasteiger partial charge in [-0.1, -0.05) is 24.3 Å². The van der Waals surface area contributed by atoms with Crippen molar-refractivity contribution >= 4 is 29.0 Å². The average molecular weight is 452 g/mol. The normalized spacial score (nSPS) is 16.2. The summed E-state index contributed by atoms with van der Waals surface area (Å²) >= 11 is 1.59. The van der Waals surface area contributed by atoms with E-state index in [4.69, 9.17) is 7.80 Å². The summed E-state index contributed by atoms with van der Waals surface area (Å²) in [6, 6.07) is 12.1. The molecule has 1 aromatic heterocycles. The fourth-order valence-corrected chi connectivity index (χ4v) is 3.54. The molecule has 1 unspecified atom stereocenters. The van der Waals surface area contributed by atoms with Gasteiger partial charge in [0.1, 0.15) is 11.4 Å². The Morgan fingerprint density at radius 2 is 2.16 bits per heavy atom. The summed E-state index contributed by atoms with van der Waals surface area (Å²) in [6.07, 6.45) is 3.96. The van der Waals surface area contributed by atoms with Crippen LogP contribution in [0.25, 0.3) is 0 Å². The van der Waals surface area contributed by atoms with E-state index < -0.39 is 5.97 Å². The molecular weight excluding hydrogens is 431 g/mol. The van der Waals surface area contributed by atoms with Crippen LogP contribution in [0, 0.1) is 0 Å². The maximum absolute atomic E-state index is 11.7. The molecule has 6 heteroatoms. The Balaban J connectivity index is 1.66. The van der Waals surface area contributed by atoms with E-state index in [9.17, 15) is 4.79 Å². The summed E-state index contributed by atoms with van der Waals surface area (Å²) in [4.78, 5) is 16.1. The molecular formula is C19H21IN2O3. The molecule has 1 atom stereocenters. The van der Waals surface area contributed by atoms with Crippen LogP contribution in [0.2, 0.25) is 0 Å². The van der Waals surface area contributed by atoms with E-state index in [1.54, 1.807) is 36.2 Å². The lowest BCUT2D eigenvalue weighted by Gasteiger charge is -2.26.